The molecule has 0 bridgehead atoms. The number of ether oxygens (including phenoxy) is 1. The molecule has 11 heteroatoms. The normalized spacial score (nSPS) is 20.7. The van der Waals surface area contributed by atoms with Gasteiger partial charge >= 0.3 is 13.6 Å². The lowest BCUT2D eigenvalue weighted by Gasteiger charge is -2.40. The van der Waals surface area contributed by atoms with Crippen LogP contribution in [-0.4, -0.2) is 43.0 Å². The Morgan fingerprint density at radius 3 is 2.31 bits per heavy atom. The number of nitro benzene ring substituents is 1. The van der Waals surface area contributed by atoms with Gasteiger partial charge in [-0.25, -0.2) is 0 Å². The van der Waals surface area contributed by atoms with E-state index in [2.05, 4.69) is 9.89 Å². The van der Waals surface area contributed by atoms with Crippen molar-refractivity contribution in [1.29, 1.82) is 0 Å². The molecule has 0 aromatic heterocycles. The topological polar surface area (TPSA) is 121 Å². The Bertz CT molecular complexity index is 1640. The molecule has 0 N–H and O–H groups in total. The summed E-state index contributed by atoms with van der Waals surface area (Å²) in [5, 5.41) is 11.9. The van der Waals surface area contributed by atoms with Gasteiger partial charge in [0.05, 0.1) is 30.0 Å². The van der Waals surface area contributed by atoms with Gasteiger partial charge in [-0.1, -0.05) is 74.5 Å². The van der Waals surface area contributed by atoms with Crippen LogP contribution in [0.25, 0.3) is 0 Å². The van der Waals surface area contributed by atoms with Gasteiger partial charge < -0.3 is 18.7 Å². The van der Waals surface area contributed by atoms with Crippen molar-refractivity contribution in [2.75, 3.05) is 31.3 Å². The van der Waals surface area contributed by atoms with Gasteiger partial charge in [-0.05, 0) is 37.1 Å². The first-order valence-electron chi connectivity index (χ1n) is 14.9. The maximum Gasteiger partial charge on any atom is 0.359 e. The molecule has 2 heterocycles. The molecule has 1 saturated heterocycles. The number of anilines is 1. The molecule has 2 atom stereocenters. The summed E-state index contributed by atoms with van der Waals surface area (Å²) in [4.78, 5) is 31.9. The van der Waals surface area contributed by atoms with Gasteiger partial charge in [0.25, 0.3) is 5.69 Å². The summed E-state index contributed by atoms with van der Waals surface area (Å²) in [6.45, 7) is 8.74. The van der Waals surface area contributed by atoms with Gasteiger partial charge in [0.2, 0.25) is 0 Å². The Morgan fingerprint density at radius 2 is 1.67 bits per heavy atom. The fourth-order valence-corrected chi connectivity index (χ4v) is 8.18. The molecule has 0 aliphatic carbocycles. The van der Waals surface area contributed by atoms with Crippen molar-refractivity contribution in [2.24, 2.45) is 16.3 Å². The highest BCUT2D eigenvalue weighted by molar-refractivity contribution is 7.58. The number of hydrogen-bond acceptors (Lipinski definition) is 9. The van der Waals surface area contributed by atoms with E-state index in [1.807, 2.05) is 74.5 Å². The molecule has 3 aromatic rings. The number of para-hydroxylation sites is 1. The lowest BCUT2D eigenvalue weighted by Crippen LogP contribution is -2.37. The van der Waals surface area contributed by atoms with Crippen LogP contribution >= 0.6 is 7.60 Å². The molecule has 236 valence electrons. The lowest BCUT2D eigenvalue weighted by molar-refractivity contribution is -0.384. The van der Waals surface area contributed by atoms with E-state index in [1.54, 1.807) is 26.0 Å². The minimum atomic E-state index is -3.92. The maximum absolute atomic E-state index is 14.3. The third-order valence-corrected chi connectivity index (χ3v) is 10.1. The van der Waals surface area contributed by atoms with Gasteiger partial charge in [-0.3, -0.25) is 24.5 Å². The van der Waals surface area contributed by atoms with E-state index in [-0.39, 0.29) is 36.2 Å². The molecule has 2 aliphatic rings. The number of esters is 1. The highest BCUT2D eigenvalue weighted by Crippen LogP contribution is 2.67. The van der Waals surface area contributed by atoms with Crippen LogP contribution in [0.15, 0.2) is 101 Å². The Labute approximate surface area is 263 Å². The zero-order chi connectivity index (χ0) is 32.2. The first-order valence-corrected chi connectivity index (χ1v) is 16.4. The van der Waals surface area contributed by atoms with E-state index in [9.17, 15) is 19.5 Å². The molecule has 45 heavy (non-hydrogen) atoms. The number of carbonyl (C=O) groups excluding carboxylic acids is 1. The van der Waals surface area contributed by atoms with Crippen molar-refractivity contribution < 1.29 is 28.1 Å². The summed E-state index contributed by atoms with van der Waals surface area (Å²) in [7, 11) is -3.92. The number of rotatable bonds is 10. The van der Waals surface area contributed by atoms with Crippen molar-refractivity contribution in [3.8, 4) is 0 Å². The molecule has 0 saturated carbocycles. The third-order valence-electron chi connectivity index (χ3n) is 7.98. The Balaban J connectivity index is 1.44. The van der Waals surface area contributed by atoms with E-state index in [1.165, 1.54) is 12.1 Å². The summed E-state index contributed by atoms with van der Waals surface area (Å²) in [5.41, 5.74) is 2.85. The number of non-ortho nitro benzene ring substituents is 1. The standard InChI is InChI=1S/C34H38N3O7P/c1-24-30(33(38)42-19-18-36(28-15-9-6-10-16-28)21-26-12-7-5-8-13-26)31(27-14-11-17-29(20-27)37(39)40)32(25(2)35-24)45(41)43-22-34(3,4)23-44-45/h5-17,20,30-31H,18-19,21-23H2,1-4H3/t30?,31-/m1/s1. The highest BCUT2D eigenvalue weighted by Gasteiger charge is 2.50. The largest absolute Gasteiger partial charge is 0.463 e. The fourth-order valence-electron chi connectivity index (χ4n) is 5.70. The second kappa shape index (κ2) is 13.5. The predicted molar refractivity (Wildman–Crippen MR) is 173 cm³/mol. The van der Waals surface area contributed by atoms with Crippen molar-refractivity contribution in [3.05, 3.63) is 117 Å². The lowest BCUT2D eigenvalue weighted by atomic mass is 9.80. The quantitative estimate of drug-likeness (QED) is 0.0975. The molecule has 1 fully saturated rings. The number of aliphatic imine (C=N–C) groups is 1. The minimum Gasteiger partial charge on any atom is -0.463 e. The second-order valence-electron chi connectivity index (χ2n) is 12.2. The first-order chi connectivity index (χ1) is 21.5. The highest BCUT2D eigenvalue weighted by atomic mass is 31.2. The predicted octanol–water partition coefficient (Wildman–Crippen LogP) is 7.52. The zero-order valence-corrected chi connectivity index (χ0v) is 26.8. The molecule has 2 aliphatic heterocycles. The van der Waals surface area contributed by atoms with Crippen molar-refractivity contribution in [1.82, 2.24) is 0 Å². The molecule has 5 rings (SSSR count). The first kappa shape index (κ1) is 32.3. The Morgan fingerprint density at radius 1 is 1.02 bits per heavy atom. The summed E-state index contributed by atoms with van der Waals surface area (Å²) in [5.74, 6) is -2.48. The Kier molecular flexibility index (Phi) is 9.68. The van der Waals surface area contributed by atoms with Crippen LogP contribution in [-0.2, 0) is 29.7 Å². The van der Waals surface area contributed by atoms with Gasteiger partial charge in [-0.15, -0.1) is 0 Å². The van der Waals surface area contributed by atoms with Gasteiger partial charge in [0, 0.05) is 47.1 Å². The van der Waals surface area contributed by atoms with E-state index >= 15 is 0 Å². The number of nitrogens with zero attached hydrogens (tertiary/aromatic N) is 3. The van der Waals surface area contributed by atoms with E-state index in [0.717, 1.165) is 11.3 Å². The molecular weight excluding hydrogens is 593 g/mol. The summed E-state index contributed by atoms with van der Waals surface area (Å²) < 4.78 is 32.1. The number of allylic oxidation sites excluding steroid dienone is 2. The molecule has 0 amide bonds. The average molecular weight is 632 g/mol. The van der Waals surface area contributed by atoms with Crippen LogP contribution in [0, 0.1) is 21.4 Å². The summed E-state index contributed by atoms with van der Waals surface area (Å²) in [6.07, 6.45) is 0. The molecular formula is C34H38N3O7P. The van der Waals surface area contributed by atoms with E-state index in [4.69, 9.17) is 13.8 Å². The van der Waals surface area contributed by atoms with Crippen LogP contribution in [0.4, 0.5) is 11.4 Å². The molecule has 1 unspecified atom stereocenters. The van der Waals surface area contributed by atoms with Gasteiger partial charge in [-0.2, -0.15) is 0 Å². The monoisotopic (exact) mass is 631 g/mol. The number of nitro groups is 1. The summed E-state index contributed by atoms with van der Waals surface area (Å²) in [6, 6.07) is 25.9. The van der Waals surface area contributed by atoms with Crippen LogP contribution in [0.5, 0.6) is 0 Å². The van der Waals surface area contributed by atoms with Crippen molar-refractivity contribution in [2.45, 2.75) is 40.2 Å². The maximum atomic E-state index is 14.3. The van der Waals surface area contributed by atoms with Gasteiger partial charge in [0.1, 0.15) is 12.5 Å². The van der Waals surface area contributed by atoms with Crippen molar-refractivity contribution >= 4 is 30.7 Å². The molecule has 3 aromatic carbocycles. The number of carbonyl (C=O) groups is 1. The Hall–Kier alpha value is -4.11. The smallest absolute Gasteiger partial charge is 0.359 e. The van der Waals surface area contributed by atoms with Gasteiger partial charge in [0.15, 0.2) is 0 Å². The number of hydrogen-bond donors (Lipinski definition) is 0. The van der Waals surface area contributed by atoms with Crippen molar-refractivity contribution in [3.63, 3.8) is 0 Å². The van der Waals surface area contributed by atoms with E-state index in [0.29, 0.717) is 30.1 Å². The van der Waals surface area contributed by atoms with Crippen LogP contribution in [0.1, 0.15) is 44.7 Å². The molecule has 0 radical (unpaired) electrons. The zero-order valence-electron chi connectivity index (χ0n) is 25.9. The van der Waals surface area contributed by atoms with Crippen LogP contribution < -0.4 is 4.90 Å². The van der Waals surface area contributed by atoms with Crippen LogP contribution in [0.2, 0.25) is 0 Å². The third kappa shape index (κ3) is 7.41. The van der Waals surface area contributed by atoms with E-state index < -0.39 is 30.3 Å². The minimum absolute atomic E-state index is 0.0723. The second-order valence-corrected chi connectivity index (χ2v) is 14.1. The average Bonchev–Trinajstić information content (AvgIpc) is 3.02. The molecule has 10 nitrogen and oxygen atoms in total. The molecule has 0 spiro atoms. The SMILES string of the molecule is CC1=NC(C)=C(P2(=O)OCC(C)(C)CO2)[C@H](c2cccc([N+](=O)[O-])c2)C1C(=O)OCCN(Cc1ccccc1)c1ccccc1. The fraction of sp³-hybridized carbons (Fsp3) is 0.353. The van der Waals surface area contributed by atoms with Crippen LogP contribution in [0.3, 0.4) is 0 Å². The number of benzene rings is 3. The summed E-state index contributed by atoms with van der Waals surface area (Å²) >= 11 is 0.